The van der Waals surface area contributed by atoms with Crippen LogP contribution in [0.2, 0.25) is 0 Å². The summed E-state index contributed by atoms with van der Waals surface area (Å²) in [5.41, 5.74) is 6.94. The van der Waals surface area contributed by atoms with Gasteiger partial charge < -0.3 is 10.5 Å². The van der Waals surface area contributed by atoms with E-state index >= 15 is 0 Å². The summed E-state index contributed by atoms with van der Waals surface area (Å²) in [6.07, 6.45) is 10.7. The zero-order valence-corrected chi connectivity index (χ0v) is 13.1. The molecule has 2 N–H and O–H groups in total. The number of ether oxygens (including phenoxy) is 1. The molecule has 3 nitrogen and oxygen atoms in total. The van der Waals surface area contributed by atoms with E-state index in [9.17, 15) is 4.79 Å². The SMILES string of the molecule is COC(=O)/C=C/CCCCC1CC2CC(C1N)C2(C)C. The van der Waals surface area contributed by atoms with Crippen molar-refractivity contribution in [3.05, 3.63) is 12.2 Å². The first-order valence-corrected chi connectivity index (χ1v) is 7.97. The van der Waals surface area contributed by atoms with Crippen LogP contribution in [0.15, 0.2) is 12.2 Å². The van der Waals surface area contributed by atoms with E-state index in [1.54, 1.807) is 0 Å². The quantitative estimate of drug-likeness (QED) is 0.461. The molecule has 0 aromatic carbocycles. The summed E-state index contributed by atoms with van der Waals surface area (Å²) >= 11 is 0. The first-order chi connectivity index (χ1) is 9.46. The molecule has 3 rings (SSSR count). The van der Waals surface area contributed by atoms with Gasteiger partial charge in [-0.25, -0.2) is 4.79 Å². The number of fused-ring (bicyclic) bond motifs is 2. The highest BCUT2D eigenvalue weighted by Crippen LogP contribution is 2.60. The minimum atomic E-state index is -0.262. The van der Waals surface area contributed by atoms with Crippen molar-refractivity contribution in [1.29, 1.82) is 0 Å². The molecule has 114 valence electrons. The highest BCUT2D eigenvalue weighted by atomic mass is 16.5. The van der Waals surface area contributed by atoms with Crippen LogP contribution in [0, 0.1) is 23.2 Å². The maximum absolute atomic E-state index is 10.9. The van der Waals surface area contributed by atoms with Gasteiger partial charge in [-0.15, -0.1) is 0 Å². The molecule has 0 aromatic rings. The number of hydrogen-bond acceptors (Lipinski definition) is 3. The van der Waals surface area contributed by atoms with Crippen LogP contribution in [-0.2, 0) is 9.53 Å². The van der Waals surface area contributed by atoms with Gasteiger partial charge >= 0.3 is 5.97 Å². The van der Waals surface area contributed by atoms with Crippen LogP contribution in [0.1, 0.15) is 52.4 Å². The standard InChI is InChI=1S/C17H29NO2/c1-17(2)13-10-12(16(18)14(17)11-13)8-6-4-5-7-9-15(19)20-3/h7,9,12-14,16H,4-6,8,10-11,18H2,1-3H3/b9-7+. The summed E-state index contributed by atoms with van der Waals surface area (Å²) < 4.78 is 4.56. The van der Waals surface area contributed by atoms with Crippen molar-refractivity contribution in [2.75, 3.05) is 7.11 Å². The van der Waals surface area contributed by atoms with E-state index in [0.717, 1.165) is 30.6 Å². The van der Waals surface area contributed by atoms with Gasteiger partial charge in [-0.1, -0.05) is 26.3 Å². The molecule has 0 aromatic heterocycles. The second-order valence-corrected chi connectivity index (χ2v) is 7.14. The average Bonchev–Trinajstić information content (AvgIpc) is 2.43. The molecule has 3 fully saturated rings. The smallest absolute Gasteiger partial charge is 0.330 e. The zero-order chi connectivity index (χ0) is 14.8. The van der Waals surface area contributed by atoms with Gasteiger partial charge in [0.15, 0.2) is 0 Å². The van der Waals surface area contributed by atoms with Crippen LogP contribution in [0.25, 0.3) is 0 Å². The minimum absolute atomic E-state index is 0.262. The van der Waals surface area contributed by atoms with Crippen LogP contribution in [0.4, 0.5) is 0 Å². The third-order valence-corrected chi connectivity index (χ3v) is 5.79. The van der Waals surface area contributed by atoms with E-state index < -0.39 is 0 Å². The molecule has 4 unspecified atom stereocenters. The highest BCUT2D eigenvalue weighted by Gasteiger charge is 2.56. The van der Waals surface area contributed by atoms with Crippen molar-refractivity contribution >= 4 is 5.97 Å². The fourth-order valence-corrected chi connectivity index (χ4v) is 4.19. The number of unbranched alkanes of at least 4 members (excludes halogenated alkanes) is 2. The number of nitrogens with two attached hydrogens (primary N) is 1. The second kappa shape index (κ2) is 6.30. The molecule has 4 atom stereocenters. The Morgan fingerprint density at radius 1 is 1.35 bits per heavy atom. The molecule has 0 aliphatic heterocycles. The molecule has 0 saturated heterocycles. The van der Waals surface area contributed by atoms with E-state index in [4.69, 9.17) is 5.73 Å². The van der Waals surface area contributed by atoms with Crippen LogP contribution < -0.4 is 5.73 Å². The minimum Gasteiger partial charge on any atom is -0.466 e. The fraction of sp³-hybridized carbons (Fsp3) is 0.824. The molecular weight excluding hydrogens is 250 g/mol. The van der Waals surface area contributed by atoms with E-state index in [-0.39, 0.29) is 5.97 Å². The first kappa shape index (κ1) is 15.6. The summed E-state index contributed by atoms with van der Waals surface area (Å²) in [6.45, 7) is 4.78. The lowest BCUT2D eigenvalue weighted by molar-refractivity contribution is -0.134. The molecule has 3 heteroatoms. The van der Waals surface area contributed by atoms with Crippen molar-refractivity contribution < 1.29 is 9.53 Å². The average molecular weight is 279 g/mol. The largest absolute Gasteiger partial charge is 0.466 e. The first-order valence-electron chi connectivity index (χ1n) is 7.97. The van der Waals surface area contributed by atoms with Gasteiger partial charge in [0.25, 0.3) is 0 Å². The van der Waals surface area contributed by atoms with Crippen LogP contribution in [0.5, 0.6) is 0 Å². The lowest BCUT2D eigenvalue weighted by Crippen LogP contribution is -2.61. The number of allylic oxidation sites excluding steroid dienone is 1. The van der Waals surface area contributed by atoms with Crippen molar-refractivity contribution in [2.45, 2.75) is 58.4 Å². The Kier molecular flexibility index (Phi) is 4.90. The molecule has 0 heterocycles. The zero-order valence-electron chi connectivity index (χ0n) is 13.1. The molecule has 3 saturated carbocycles. The van der Waals surface area contributed by atoms with Crippen molar-refractivity contribution in [2.24, 2.45) is 28.9 Å². The van der Waals surface area contributed by atoms with Crippen LogP contribution >= 0.6 is 0 Å². The second-order valence-electron chi connectivity index (χ2n) is 7.14. The van der Waals surface area contributed by atoms with Gasteiger partial charge in [-0.2, -0.15) is 0 Å². The van der Waals surface area contributed by atoms with Crippen LogP contribution in [-0.4, -0.2) is 19.1 Å². The maximum Gasteiger partial charge on any atom is 0.330 e. The van der Waals surface area contributed by atoms with Gasteiger partial charge in [0, 0.05) is 12.1 Å². The van der Waals surface area contributed by atoms with Crippen molar-refractivity contribution in [3.8, 4) is 0 Å². The molecule has 0 radical (unpaired) electrons. The molecule has 3 aliphatic rings. The molecule has 0 amide bonds. The number of rotatable bonds is 6. The number of esters is 1. The van der Waals surface area contributed by atoms with Gasteiger partial charge in [0.2, 0.25) is 0 Å². The Morgan fingerprint density at radius 2 is 2.10 bits per heavy atom. The molecule has 3 aliphatic carbocycles. The normalized spacial score (nSPS) is 34.8. The third kappa shape index (κ3) is 3.08. The lowest BCUT2D eigenvalue weighted by Gasteiger charge is -2.62. The van der Waals surface area contributed by atoms with Crippen molar-refractivity contribution in [3.63, 3.8) is 0 Å². The Hall–Kier alpha value is -0.830. The van der Waals surface area contributed by atoms with Crippen molar-refractivity contribution in [1.82, 2.24) is 0 Å². The number of methoxy groups -OCH3 is 1. The molecular formula is C17H29NO2. The fourth-order valence-electron chi connectivity index (χ4n) is 4.19. The lowest BCUT2D eigenvalue weighted by atomic mass is 9.45. The Labute approximate surface area is 122 Å². The van der Waals surface area contributed by atoms with Gasteiger partial charge in [-0.05, 0) is 55.3 Å². The molecule has 2 bridgehead atoms. The Bertz CT molecular complexity index is 375. The van der Waals surface area contributed by atoms with E-state index in [2.05, 4.69) is 18.6 Å². The molecule has 0 spiro atoms. The predicted molar refractivity (Wildman–Crippen MR) is 81.1 cm³/mol. The maximum atomic E-state index is 10.9. The van der Waals surface area contributed by atoms with Gasteiger partial charge in [0.1, 0.15) is 0 Å². The summed E-state index contributed by atoms with van der Waals surface area (Å²) in [4.78, 5) is 10.9. The van der Waals surface area contributed by atoms with E-state index in [0.29, 0.717) is 11.5 Å². The Balaban J connectivity index is 1.64. The summed E-state index contributed by atoms with van der Waals surface area (Å²) in [7, 11) is 1.41. The molecule has 20 heavy (non-hydrogen) atoms. The monoisotopic (exact) mass is 279 g/mol. The highest BCUT2D eigenvalue weighted by molar-refractivity contribution is 5.81. The summed E-state index contributed by atoms with van der Waals surface area (Å²) in [5.74, 6) is 2.10. The van der Waals surface area contributed by atoms with Gasteiger partial charge in [0.05, 0.1) is 7.11 Å². The number of hydrogen-bond donors (Lipinski definition) is 1. The predicted octanol–water partition coefficient (Wildman–Crippen LogP) is 3.29. The van der Waals surface area contributed by atoms with E-state index in [1.165, 1.54) is 38.9 Å². The van der Waals surface area contributed by atoms with Crippen LogP contribution in [0.3, 0.4) is 0 Å². The van der Waals surface area contributed by atoms with E-state index in [1.807, 2.05) is 6.08 Å². The number of carbonyl (C=O) groups excluding carboxylic acids is 1. The topological polar surface area (TPSA) is 52.3 Å². The number of carbonyl (C=O) groups is 1. The van der Waals surface area contributed by atoms with Gasteiger partial charge in [-0.3, -0.25) is 0 Å². The summed E-state index contributed by atoms with van der Waals surface area (Å²) in [5, 5.41) is 0. The Morgan fingerprint density at radius 3 is 2.70 bits per heavy atom. The third-order valence-electron chi connectivity index (χ3n) is 5.79. The summed E-state index contributed by atoms with van der Waals surface area (Å²) in [6, 6.07) is 0.403.